The van der Waals surface area contributed by atoms with E-state index >= 15 is 0 Å². The third-order valence-electron chi connectivity index (χ3n) is 2.45. The molecule has 0 unspecified atom stereocenters. The molecule has 0 rings (SSSR count). The molecule has 10 heteroatoms. The van der Waals surface area contributed by atoms with Gasteiger partial charge in [0.2, 0.25) is 0 Å². The average molecular weight is 437 g/mol. The van der Waals surface area contributed by atoms with Crippen molar-refractivity contribution in [2.45, 2.75) is 105 Å². The molecule has 6 nitrogen and oxygen atoms in total. The Kier molecular flexibility index (Phi) is 9.13. The van der Waals surface area contributed by atoms with Gasteiger partial charge in [-0.3, -0.25) is 0 Å². The zero-order valence-corrected chi connectivity index (χ0v) is 21.9. The summed E-state index contributed by atoms with van der Waals surface area (Å²) in [6, 6.07) is 0. The lowest BCUT2D eigenvalue weighted by atomic mass is 10.1. The van der Waals surface area contributed by atoms with Crippen molar-refractivity contribution in [3.8, 4) is 0 Å². The van der Waals surface area contributed by atoms with E-state index in [1.165, 1.54) is 34.1 Å². The second-order valence-corrected chi connectivity index (χ2v) is 16.2. The highest BCUT2D eigenvalue weighted by molar-refractivity contribution is 7.62. The van der Waals surface area contributed by atoms with Crippen molar-refractivity contribution in [1.82, 2.24) is 0 Å². The summed E-state index contributed by atoms with van der Waals surface area (Å²) in [5.74, 6) is 0. The molecule has 0 atom stereocenters. The summed E-state index contributed by atoms with van der Waals surface area (Å²) in [5.41, 5.74) is -0.506. The highest BCUT2D eigenvalue weighted by atomic mass is 32.1. The summed E-state index contributed by atoms with van der Waals surface area (Å²) in [7, 11) is -2.81. The van der Waals surface area contributed by atoms with Gasteiger partial charge in [-0.2, -0.15) is 0 Å². The first kappa shape index (κ1) is 25.7. The topological polar surface area (TPSA) is 74.2 Å². The van der Waals surface area contributed by atoms with Gasteiger partial charge < -0.3 is 0 Å². The lowest BCUT2D eigenvalue weighted by Crippen LogP contribution is -2.38. The van der Waals surface area contributed by atoms with Crippen LogP contribution in [0.2, 0.25) is 5.04 Å². The normalized spacial score (nSPS) is 15.2. The van der Waals surface area contributed by atoms with Crippen molar-refractivity contribution in [3.05, 3.63) is 0 Å². The highest BCUT2D eigenvalue weighted by Gasteiger charge is 2.49. The van der Waals surface area contributed by atoms with Gasteiger partial charge in [0.15, 0.2) is 0 Å². The second kappa shape index (κ2) is 9.25. The van der Waals surface area contributed by atoms with Crippen molar-refractivity contribution < 1.29 is 0 Å². The fourth-order valence-electron chi connectivity index (χ4n) is 1.06. The molecule has 0 spiro atoms. The van der Waals surface area contributed by atoms with Gasteiger partial charge in [-0.1, -0.05) is 20.8 Å². The summed E-state index contributed by atoms with van der Waals surface area (Å²) >= 11 is 3.67. The Labute approximate surface area is 172 Å². The summed E-state index contributed by atoms with van der Waals surface area (Å²) in [6.07, 6.45) is 0. The minimum absolute atomic E-state index is 0.169. The Balaban J connectivity index is 6.54. The minimum Gasteiger partial charge on any atom is -0.208 e. The van der Waals surface area contributed by atoms with E-state index in [0.717, 1.165) is 0 Å². The van der Waals surface area contributed by atoms with Crippen molar-refractivity contribution in [1.29, 1.82) is 0 Å². The smallest absolute Gasteiger partial charge is 0.208 e. The van der Waals surface area contributed by atoms with Gasteiger partial charge in [0, 0.05) is 5.04 Å². The molecule has 0 saturated carbocycles. The van der Waals surface area contributed by atoms with Crippen LogP contribution in [0.25, 0.3) is 0 Å². The molecular formula is C16H36N6S3Si. The lowest BCUT2D eigenvalue weighted by Gasteiger charge is -2.27. The first-order valence-electron chi connectivity index (χ1n) is 8.69. The number of hydrogen-bond donors (Lipinski definition) is 0. The van der Waals surface area contributed by atoms with Crippen LogP contribution in [0.1, 0.15) is 83.1 Å². The molecule has 0 fully saturated rings. The second-order valence-electron chi connectivity index (χ2n) is 10.2. The van der Waals surface area contributed by atoms with Crippen LogP contribution in [-0.4, -0.2) is 25.2 Å². The standard InChI is InChI=1S/C16H36N6S3Si/c1-13(2,3)17-23-20-26(16(10,11)12,21-24-18-14(4,5)6)22-25-19-15(7,8)9/h1-12H3. The van der Waals surface area contributed by atoms with Crippen molar-refractivity contribution >= 4 is 42.6 Å². The molecule has 0 aromatic heterocycles. The fourth-order valence-corrected chi connectivity index (χ4v) is 8.24. The van der Waals surface area contributed by atoms with E-state index in [9.17, 15) is 0 Å². The van der Waals surface area contributed by atoms with Gasteiger partial charge in [0.25, 0.3) is 0 Å². The molecule has 152 valence electrons. The first-order chi connectivity index (χ1) is 11.4. The Morgan fingerprint density at radius 1 is 0.462 bits per heavy atom. The monoisotopic (exact) mass is 436 g/mol. The molecule has 0 radical (unpaired) electrons. The van der Waals surface area contributed by atoms with E-state index in [-0.39, 0.29) is 21.7 Å². The summed E-state index contributed by atoms with van der Waals surface area (Å²) in [5, 5.41) is -0.214. The van der Waals surface area contributed by atoms with Crippen LogP contribution in [-0.2, 0) is 34.1 Å². The van der Waals surface area contributed by atoms with Crippen LogP contribution < -0.4 is 0 Å². The Bertz CT molecular complexity index is 587. The maximum Gasteiger partial charge on any atom is 0.475 e. The molecule has 0 aromatic carbocycles. The van der Waals surface area contributed by atoms with Crippen molar-refractivity contribution in [2.75, 3.05) is 0 Å². The maximum atomic E-state index is 4.84. The molecule has 0 heterocycles. The van der Waals surface area contributed by atoms with Crippen LogP contribution in [0, 0.1) is 0 Å². The van der Waals surface area contributed by atoms with E-state index in [1.807, 2.05) is 0 Å². The van der Waals surface area contributed by atoms with Gasteiger partial charge in [-0.15, -0.1) is 0 Å². The molecule has 0 aliphatic heterocycles. The molecule has 0 saturated heterocycles. The van der Waals surface area contributed by atoms with Crippen LogP contribution in [0.15, 0.2) is 25.2 Å². The zero-order chi connectivity index (χ0) is 20.9. The third kappa shape index (κ3) is 11.4. The van der Waals surface area contributed by atoms with E-state index in [0.29, 0.717) is 0 Å². The van der Waals surface area contributed by atoms with Crippen LogP contribution in [0.4, 0.5) is 0 Å². The third-order valence-corrected chi connectivity index (χ3v) is 10.4. The average Bonchev–Trinajstić information content (AvgIpc) is 2.31. The number of nitrogens with zero attached hydrogens (tertiary/aromatic N) is 6. The van der Waals surface area contributed by atoms with Gasteiger partial charge >= 0.3 is 8.56 Å². The van der Waals surface area contributed by atoms with Crippen LogP contribution in [0.3, 0.4) is 0 Å². The molecule has 0 aliphatic carbocycles. The molecule has 26 heavy (non-hydrogen) atoms. The number of hydrogen-bond acceptors (Lipinski definition) is 6. The predicted molar refractivity (Wildman–Crippen MR) is 121 cm³/mol. The largest absolute Gasteiger partial charge is 0.475 e. The molecule has 0 amide bonds. The van der Waals surface area contributed by atoms with E-state index < -0.39 is 8.56 Å². The quantitative estimate of drug-likeness (QED) is 0.455. The Morgan fingerprint density at radius 2 is 0.692 bits per heavy atom. The Hall–Kier alpha value is -0.323. The zero-order valence-electron chi connectivity index (χ0n) is 18.4. The molecule has 0 aromatic rings. The van der Waals surface area contributed by atoms with Gasteiger partial charge in [-0.25, -0.2) is 25.2 Å². The van der Waals surface area contributed by atoms with E-state index in [2.05, 4.69) is 96.2 Å². The molecule has 0 bridgehead atoms. The van der Waals surface area contributed by atoms with Crippen molar-refractivity contribution in [3.63, 3.8) is 0 Å². The van der Waals surface area contributed by atoms with E-state index in [4.69, 9.17) is 12.1 Å². The predicted octanol–water partition coefficient (Wildman–Crippen LogP) is 6.47. The SMILES string of the molecule is CC(C)(C)N=S=N[Si](N=S=NC(C)(C)C)(N=S=NC(C)(C)C)C(C)(C)C. The van der Waals surface area contributed by atoms with Gasteiger partial charge in [0.1, 0.15) is 0 Å². The fraction of sp³-hybridized carbons (Fsp3) is 1.00. The Morgan fingerprint density at radius 3 is 0.846 bits per heavy atom. The van der Waals surface area contributed by atoms with Gasteiger partial charge in [-0.05, 0) is 62.3 Å². The van der Waals surface area contributed by atoms with Gasteiger partial charge in [0.05, 0.1) is 50.7 Å². The molecule has 0 aliphatic rings. The number of rotatable bonds is 3. The van der Waals surface area contributed by atoms with Crippen LogP contribution in [0.5, 0.6) is 0 Å². The van der Waals surface area contributed by atoms with E-state index in [1.54, 1.807) is 0 Å². The summed E-state index contributed by atoms with van der Waals surface area (Å²) in [6.45, 7) is 24.9. The first-order valence-corrected chi connectivity index (χ1v) is 12.7. The van der Waals surface area contributed by atoms with Crippen molar-refractivity contribution in [2.24, 2.45) is 25.2 Å². The summed E-state index contributed by atoms with van der Waals surface area (Å²) < 4.78 is 28.2. The maximum absolute atomic E-state index is 4.84. The highest BCUT2D eigenvalue weighted by Crippen LogP contribution is 2.39. The minimum atomic E-state index is -2.81. The molecular weight excluding hydrogens is 401 g/mol. The summed E-state index contributed by atoms with van der Waals surface area (Å²) in [4.78, 5) is 0. The molecule has 0 N–H and O–H groups in total. The van der Waals surface area contributed by atoms with Crippen LogP contribution >= 0.6 is 0 Å². The lowest BCUT2D eigenvalue weighted by molar-refractivity contribution is 0.593.